The van der Waals surface area contributed by atoms with Crippen LogP contribution in [0, 0.1) is 0 Å². The first-order valence-electron chi connectivity index (χ1n) is 4.03. The number of hydrogen-bond acceptors (Lipinski definition) is 2. The average molecular weight is 179 g/mol. The zero-order valence-corrected chi connectivity index (χ0v) is 7.87. The van der Waals surface area contributed by atoms with Gasteiger partial charge in [0.25, 0.3) is 0 Å². The van der Waals surface area contributed by atoms with Crippen molar-refractivity contribution in [3.63, 3.8) is 0 Å². The van der Waals surface area contributed by atoms with E-state index in [0.717, 1.165) is 22.9 Å². The third-order valence-corrected chi connectivity index (χ3v) is 1.71. The highest BCUT2D eigenvalue weighted by molar-refractivity contribution is 5.46. The fraction of sp³-hybridized carbons (Fsp3) is 0.333. The third-order valence-electron chi connectivity index (χ3n) is 1.71. The van der Waals surface area contributed by atoms with E-state index in [9.17, 15) is 4.79 Å². The molecule has 0 unspecified atom stereocenters. The van der Waals surface area contributed by atoms with E-state index in [1.807, 2.05) is 13.0 Å². The van der Waals surface area contributed by atoms with Crippen molar-refractivity contribution in [3.05, 3.63) is 16.5 Å². The highest BCUT2D eigenvalue weighted by Gasteiger charge is 1.99. The number of carbonyl (C=O) groups is 1. The Kier molecular flexibility index (Phi) is 2.84. The predicted octanol–water partition coefficient (Wildman–Crippen LogP) is -0.791. The minimum Gasteiger partial charge on any atom is -0.341 e. The van der Waals surface area contributed by atoms with E-state index in [2.05, 4.69) is 16.5 Å². The minimum absolute atomic E-state index is 0.486. The van der Waals surface area contributed by atoms with Crippen LogP contribution in [0.4, 0.5) is 0 Å². The molecule has 1 aromatic rings. The van der Waals surface area contributed by atoms with E-state index in [1.165, 1.54) is 4.90 Å². The summed E-state index contributed by atoms with van der Waals surface area (Å²) in [6, 6.07) is 0. The lowest BCUT2D eigenvalue weighted by Crippen LogP contribution is -2.21. The van der Waals surface area contributed by atoms with Crippen LogP contribution in [0.15, 0.2) is 0 Å². The molecule has 1 N–H and O–H groups in total. The van der Waals surface area contributed by atoms with E-state index in [-0.39, 0.29) is 0 Å². The van der Waals surface area contributed by atoms with Gasteiger partial charge in [0, 0.05) is 7.05 Å². The molecule has 4 heteroatoms. The van der Waals surface area contributed by atoms with E-state index < -0.39 is 0 Å². The van der Waals surface area contributed by atoms with Crippen molar-refractivity contribution in [2.75, 3.05) is 7.05 Å². The van der Waals surface area contributed by atoms with Gasteiger partial charge in [-0.05, 0) is 6.92 Å². The normalized spacial score (nSPS) is 11.7. The van der Waals surface area contributed by atoms with Crippen molar-refractivity contribution in [1.29, 1.82) is 0 Å². The molecule has 70 valence electrons. The number of aromatic nitrogens is 2. The molecule has 0 atom stereocenters. The molecule has 1 aromatic heterocycles. The fourth-order valence-corrected chi connectivity index (χ4v) is 1.07. The maximum Gasteiger partial charge on any atom is 0.209 e. The van der Waals surface area contributed by atoms with Crippen LogP contribution >= 0.6 is 0 Å². The first kappa shape index (κ1) is 9.51. The van der Waals surface area contributed by atoms with Gasteiger partial charge in [-0.15, -0.1) is 0 Å². The highest BCUT2D eigenvalue weighted by atomic mass is 16.1. The number of H-pyrrole nitrogens is 1. The van der Waals surface area contributed by atoms with Crippen LogP contribution in [0.5, 0.6) is 0 Å². The largest absolute Gasteiger partial charge is 0.341 e. The van der Waals surface area contributed by atoms with Gasteiger partial charge in [0.05, 0.1) is 17.2 Å². The molecule has 13 heavy (non-hydrogen) atoms. The zero-order valence-electron chi connectivity index (χ0n) is 7.87. The number of nitrogens with one attached hydrogen (secondary N) is 1. The van der Waals surface area contributed by atoms with Gasteiger partial charge >= 0.3 is 0 Å². The molecule has 0 aliphatic carbocycles. The lowest BCUT2D eigenvalue weighted by Gasteiger charge is -2.06. The molecule has 0 saturated heterocycles. The Bertz CT molecular complexity index is 393. The Morgan fingerprint density at radius 3 is 2.85 bits per heavy atom. The molecule has 1 amide bonds. The van der Waals surface area contributed by atoms with Crippen molar-refractivity contribution >= 4 is 19.1 Å². The molecule has 0 fully saturated rings. The summed E-state index contributed by atoms with van der Waals surface area (Å²) in [5.74, 6) is 0.757. The van der Waals surface area contributed by atoms with Crippen LogP contribution in [0.25, 0.3) is 12.7 Å². The summed E-state index contributed by atoms with van der Waals surface area (Å²) in [5, 5.41) is 1.63. The van der Waals surface area contributed by atoms with Crippen molar-refractivity contribution in [3.8, 4) is 0 Å². The Labute approximate surface area is 76.6 Å². The number of rotatable bonds is 3. The fourth-order valence-electron chi connectivity index (χ4n) is 1.07. The second-order valence-corrected chi connectivity index (χ2v) is 2.86. The van der Waals surface area contributed by atoms with Gasteiger partial charge in [-0.3, -0.25) is 4.79 Å². The summed E-state index contributed by atoms with van der Waals surface area (Å²) >= 11 is 0. The topological polar surface area (TPSA) is 49.0 Å². The number of imidazole rings is 1. The molecule has 0 aromatic carbocycles. The zero-order chi connectivity index (χ0) is 9.84. The minimum atomic E-state index is 0.486. The van der Waals surface area contributed by atoms with Gasteiger partial charge in [0.15, 0.2) is 0 Å². The SMILES string of the molecule is C=c1[nH]c(CN(C)C=O)n/c1=C/C. The number of hydrogen-bond donors (Lipinski definition) is 1. The quantitative estimate of drug-likeness (QED) is 0.618. The molecule has 0 radical (unpaired) electrons. The summed E-state index contributed by atoms with van der Waals surface area (Å²) in [5.41, 5.74) is 0. The standard InChI is InChI=1S/C9H13N3O/c1-4-8-7(2)10-9(11-8)5-12(3)6-13/h4,6H,2,5H2,1,3H3,(H,10,11)/b8-4+. The Hall–Kier alpha value is -1.58. The van der Waals surface area contributed by atoms with Crippen LogP contribution in [0.3, 0.4) is 0 Å². The van der Waals surface area contributed by atoms with Crippen molar-refractivity contribution < 1.29 is 4.79 Å². The Morgan fingerprint density at radius 2 is 2.38 bits per heavy atom. The summed E-state index contributed by atoms with van der Waals surface area (Å²) in [7, 11) is 1.70. The second-order valence-electron chi connectivity index (χ2n) is 2.86. The maximum atomic E-state index is 10.3. The number of nitrogens with zero attached hydrogens (tertiary/aromatic N) is 2. The number of amides is 1. The molecule has 0 aliphatic heterocycles. The van der Waals surface area contributed by atoms with Crippen LogP contribution in [-0.4, -0.2) is 28.3 Å². The molecule has 4 nitrogen and oxygen atoms in total. The average Bonchev–Trinajstić information content (AvgIpc) is 2.46. The van der Waals surface area contributed by atoms with Gasteiger partial charge in [-0.2, -0.15) is 0 Å². The van der Waals surface area contributed by atoms with Gasteiger partial charge in [-0.1, -0.05) is 12.7 Å². The Balaban J connectivity index is 2.92. The van der Waals surface area contributed by atoms with Gasteiger partial charge in [0.2, 0.25) is 6.41 Å². The van der Waals surface area contributed by atoms with Crippen LogP contribution in [0.1, 0.15) is 12.7 Å². The van der Waals surface area contributed by atoms with Crippen molar-refractivity contribution in [1.82, 2.24) is 14.9 Å². The summed E-state index contributed by atoms with van der Waals surface area (Å²) in [6.07, 6.45) is 2.64. The van der Waals surface area contributed by atoms with Gasteiger partial charge in [-0.25, -0.2) is 4.98 Å². The van der Waals surface area contributed by atoms with E-state index in [1.54, 1.807) is 7.05 Å². The lowest BCUT2D eigenvalue weighted by atomic mass is 10.5. The Morgan fingerprint density at radius 1 is 1.69 bits per heavy atom. The smallest absolute Gasteiger partial charge is 0.209 e. The van der Waals surface area contributed by atoms with E-state index >= 15 is 0 Å². The predicted molar refractivity (Wildman–Crippen MR) is 51.0 cm³/mol. The van der Waals surface area contributed by atoms with E-state index in [4.69, 9.17) is 0 Å². The first-order valence-corrected chi connectivity index (χ1v) is 4.03. The van der Waals surface area contributed by atoms with Crippen LogP contribution in [0.2, 0.25) is 0 Å². The number of aromatic amines is 1. The second kappa shape index (κ2) is 3.89. The number of carbonyl (C=O) groups excluding carboxylic acids is 1. The van der Waals surface area contributed by atoms with Gasteiger partial charge in [0.1, 0.15) is 5.82 Å². The molecular weight excluding hydrogens is 166 g/mol. The molecular formula is C9H13N3O. The van der Waals surface area contributed by atoms with Crippen LogP contribution in [-0.2, 0) is 11.3 Å². The molecule has 0 bridgehead atoms. The van der Waals surface area contributed by atoms with Crippen molar-refractivity contribution in [2.45, 2.75) is 13.5 Å². The molecule has 1 rings (SSSR count). The summed E-state index contributed by atoms with van der Waals surface area (Å²) in [6.45, 7) is 6.18. The summed E-state index contributed by atoms with van der Waals surface area (Å²) in [4.78, 5) is 19.1. The first-order chi connectivity index (χ1) is 6.17. The molecule has 0 aliphatic rings. The van der Waals surface area contributed by atoms with Crippen molar-refractivity contribution in [2.24, 2.45) is 0 Å². The highest BCUT2D eigenvalue weighted by Crippen LogP contribution is 1.87. The van der Waals surface area contributed by atoms with Gasteiger partial charge < -0.3 is 9.88 Å². The monoisotopic (exact) mass is 179 g/mol. The van der Waals surface area contributed by atoms with Crippen LogP contribution < -0.4 is 10.7 Å². The molecule has 0 spiro atoms. The third kappa shape index (κ3) is 2.18. The van der Waals surface area contributed by atoms with E-state index in [0.29, 0.717) is 6.54 Å². The lowest BCUT2D eigenvalue weighted by molar-refractivity contribution is -0.117. The summed E-state index contributed by atoms with van der Waals surface area (Å²) < 4.78 is 0. The maximum absolute atomic E-state index is 10.3. The molecule has 0 saturated carbocycles. The molecule has 1 heterocycles.